The predicted octanol–water partition coefficient (Wildman–Crippen LogP) is 4.45. The third-order valence-corrected chi connectivity index (χ3v) is 4.78. The Morgan fingerprint density at radius 1 is 0.724 bits per heavy atom. The Hall–Kier alpha value is -0.940. The van der Waals surface area contributed by atoms with Gasteiger partial charge in [-0.3, -0.25) is 9.59 Å². The van der Waals surface area contributed by atoms with Crippen molar-refractivity contribution in [1.29, 1.82) is 0 Å². The van der Waals surface area contributed by atoms with Crippen LogP contribution in [0.5, 0.6) is 0 Å². The fourth-order valence-corrected chi connectivity index (χ4v) is 3.12. The Bertz CT molecular complexity index is 482. The second-order valence-electron chi connectivity index (χ2n) is 11.4. The van der Waals surface area contributed by atoms with Crippen LogP contribution in [0.1, 0.15) is 101 Å². The van der Waals surface area contributed by atoms with E-state index in [4.69, 9.17) is 0 Å². The Labute approximate surface area is 180 Å². The highest BCUT2D eigenvalue weighted by molar-refractivity contribution is 5.86. The van der Waals surface area contributed by atoms with Gasteiger partial charge in [0.25, 0.3) is 0 Å². The highest BCUT2D eigenvalue weighted by Gasteiger charge is 2.29. The van der Waals surface area contributed by atoms with Gasteiger partial charge in [0.1, 0.15) is 5.78 Å². The van der Waals surface area contributed by atoms with E-state index in [1.807, 2.05) is 20.8 Å². The van der Waals surface area contributed by atoms with Crippen LogP contribution in [0.3, 0.4) is 0 Å². The van der Waals surface area contributed by atoms with Crippen LogP contribution in [-0.4, -0.2) is 42.4 Å². The van der Waals surface area contributed by atoms with Crippen LogP contribution in [0.4, 0.5) is 0 Å². The normalized spacial score (nSPS) is 14.0. The first-order valence-corrected chi connectivity index (χ1v) is 11.4. The molecule has 0 bridgehead atoms. The smallest absolute Gasteiger partial charge is 0.220 e. The van der Waals surface area contributed by atoms with E-state index in [9.17, 15) is 9.59 Å². The number of carbonyl (C=O) groups excluding carboxylic acids is 2. The van der Waals surface area contributed by atoms with Gasteiger partial charge in [0.15, 0.2) is 0 Å². The molecular formula is C24H49N3O2. The number of amides is 1. The van der Waals surface area contributed by atoms with Gasteiger partial charge in [0.05, 0.1) is 0 Å². The molecule has 29 heavy (non-hydrogen) atoms. The standard InChI is InChI=1S/C24H49N3O2/c1-22(2,3)21(29)19(14-10-12-16-26-23(4,5)6)18-25-20(28)15-11-13-17-27-24(7,8)9/h19,26-27H,10-18H2,1-9H3,(H,25,28). The number of rotatable bonds is 13. The molecule has 3 N–H and O–H groups in total. The molecule has 1 atom stereocenters. The Morgan fingerprint density at radius 3 is 1.66 bits per heavy atom. The predicted molar refractivity (Wildman–Crippen MR) is 124 cm³/mol. The molecule has 0 aromatic heterocycles. The van der Waals surface area contributed by atoms with Crippen LogP contribution in [-0.2, 0) is 9.59 Å². The average Bonchev–Trinajstić information content (AvgIpc) is 2.53. The lowest BCUT2D eigenvalue weighted by molar-refractivity contribution is -0.131. The molecule has 5 nitrogen and oxygen atoms in total. The molecule has 0 rings (SSSR count). The Morgan fingerprint density at radius 2 is 1.21 bits per heavy atom. The zero-order valence-corrected chi connectivity index (χ0v) is 20.8. The molecule has 1 amide bonds. The molecule has 0 aromatic rings. The molecule has 0 aliphatic rings. The van der Waals surface area contributed by atoms with E-state index in [-0.39, 0.29) is 34.1 Å². The fraction of sp³-hybridized carbons (Fsp3) is 0.917. The molecule has 0 saturated heterocycles. The van der Waals surface area contributed by atoms with Crippen molar-refractivity contribution in [2.45, 2.75) is 112 Å². The number of Topliss-reactive ketones (excluding diaryl/α,β-unsaturated/α-hetero) is 1. The molecule has 1 unspecified atom stereocenters. The molecule has 5 heteroatoms. The monoisotopic (exact) mass is 411 g/mol. The highest BCUT2D eigenvalue weighted by Crippen LogP contribution is 2.23. The van der Waals surface area contributed by atoms with Gasteiger partial charge in [0.2, 0.25) is 5.91 Å². The van der Waals surface area contributed by atoms with Gasteiger partial charge >= 0.3 is 0 Å². The number of unbranched alkanes of at least 4 members (excludes halogenated alkanes) is 2. The number of carbonyl (C=O) groups is 2. The zero-order chi connectivity index (χ0) is 22.7. The summed E-state index contributed by atoms with van der Waals surface area (Å²) in [5.41, 5.74) is -0.139. The Balaban J connectivity index is 4.33. The quantitative estimate of drug-likeness (QED) is 0.392. The van der Waals surface area contributed by atoms with Crippen LogP contribution < -0.4 is 16.0 Å². The van der Waals surface area contributed by atoms with E-state index < -0.39 is 0 Å². The molecule has 0 spiro atoms. The van der Waals surface area contributed by atoms with Crippen LogP contribution in [0.25, 0.3) is 0 Å². The topological polar surface area (TPSA) is 70.2 Å². The number of hydrogen-bond acceptors (Lipinski definition) is 4. The summed E-state index contributed by atoms with van der Waals surface area (Å²) < 4.78 is 0. The van der Waals surface area contributed by atoms with Crippen molar-refractivity contribution in [2.75, 3.05) is 19.6 Å². The number of nitrogens with one attached hydrogen (secondary N) is 3. The van der Waals surface area contributed by atoms with E-state index in [1.165, 1.54) is 0 Å². The number of ketones is 1. The minimum Gasteiger partial charge on any atom is -0.355 e. The van der Waals surface area contributed by atoms with Crippen molar-refractivity contribution in [3.8, 4) is 0 Å². The van der Waals surface area contributed by atoms with E-state index in [2.05, 4.69) is 57.5 Å². The first kappa shape index (κ1) is 28.1. The summed E-state index contributed by atoms with van der Waals surface area (Å²) in [6, 6.07) is 0. The lowest BCUT2D eigenvalue weighted by atomic mass is 9.81. The summed E-state index contributed by atoms with van der Waals surface area (Å²) in [5.74, 6) is 0.203. The fourth-order valence-electron chi connectivity index (χ4n) is 3.12. The molecule has 0 aromatic carbocycles. The summed E-state index contributed by atoms with van der Waals surface area (Å²) in [5, 5.41) is 9.94. The summed E-state index contributed by atoms with van der Waals surface area (Å²) in [6.07, 6.45) is 5.24. The molecule has 0 saturated carbocycles. The molecule has 0 heterocycles. The van der Waals surface area contributed by atoms with Crippen molar-refractivity contribution in [2.24, 2.45) is 11.3 Å². The van der Waals surface area contributed by atoms with Crippen molar-refractivity contribution >= 4 is 11.7 Å². The van der Waals surface area contributed by atoms with E-state index in [0.29, 0.717) is 13.0 Å². The van der Waals surface area contributed by atoms with Crippen LogP contribution >= 0.6 is 0 Å². The SMILES string of the molecule is CC(C)(C)NCCCCC(=O)NCC(CCCCNC(C)(C)C)C(=O)C(C)(C)C. The molecule has 0 aliphatic carbocycles. The van der Waals surface area contributed by atoms with Crippen LogP contribution in [0, 0.1) is 11.3 Å². The van der Waals surface area contributed by atoms with Crippen LogP contribution in [0.15, 0.2) is 0 Å². The first-order chi connectivity index (χ1) is 13.1. The summed E-state index contributed by atoms with van der Waals surface area (Å²) in [7, 11) is 0. The summed E-state index contributed by atoms with van der Waals surface area (Å²) in [6.45, 7) is 21.1. The lowest BCUT2D eigenvalue weighted by Gasteiger charge is -2.25. The van der Waals surface area contributed by atoms with Gasteiger partial charge in [-0.05, 0) is 80.3 Å². The van der Waals surface area contributed by atoms with Crippen molar-refractivity contribution in [1.82, 2.24) is 16.0 Å². The average molecular weight is 412 g/mol. The molecule has 172 valence electrons. The third kappa shape index (κ3) is 16.5. The number of hydrogen-bond donors (Lipinski definition) is 3. The molecular weight excluding hydrogens is 362 g/mol. The second-order valence-corrected chi connectivity index (χ2v) is 11.4. The van der Waals surface area contributed by atoms with Gasteiger partial charge in [0, 0.05) is 35.4 Å². The first-order valence-electron chi connectivity index (χ1n) is 11.4. The summed E-state index contributed by atoms with van der Waals surface area (Å²) >= 11 is 0. The maximum atomic E-state index is 12.8. The van der Waals surface area contributed by atoms with Gasteiger partial charge < -0.3 is 16.0 Å². The van der Waals surface area contributed by atoms with Gasteiger partial charge in [-0.1, -0.05) is 27.2 Å². The van der Waals surface area contributed by atoms with E-state index >= 15 is 0 Å². The van der Waals surface area contributed by atoms with Crippen molar-refractivity contribution in [3.63, 3.8) is 0 Å². The van der Waals surface area contributed by atoms with Gasteiger partial charge in [-0.2, -0.15) is 0 Å². The maximum Gasteiger partial charge on any atom is 0.220 e. The third-order valence-electron chi connectivity index (χ3n) is 4.78. The largest absolute Gasteiger partial charge is 0.355 e. The summed E-state index contributed by atoms with van der Waals surface area (Å²) in [4.78, 5) is 25.0. The van der Waals surface area contributed by atoms with E-state index in [0.717, 1.165) is 45.2 Å². The maximum absolute atomic E-state index is 12.8. The van der Waals surface area contributed by atoms with Crippen LogP contribution in [0.2, 0.25) is 0 Å². The minimum absolute atomic E-state index is 0.0573. The molecule has 0 fully saturated rings. The Kier molecular flexibility index (Phi) is 12.3. The second kappa shape index (κ2) is 12.7. The zero-order valence-electron chi connectivity index (χ0n) is 20.8. The molecule has 0 radical (unpaired) electrons. The van der Waals surface area contributed by atoms with E-state index in [1.54, 1.807) is 0 Å². The van der Waals surface area contributed by atoms with Crippen molar-refractivity contribution < 1.29 is 9.59 Å². The van der Waals surface area contributed by atoms with Gasteiger partial charge in [-0.15, -0.1) is 0 Å². The molecule has 0 aliphatic heterocycles. The highest BCUT2D eigenvalue weighted by atomic mass is 16.1. The van der Waals surface area contributed by atoms with Gasteiger partial charge in [-0.25, -0.2) is 0 Å². The minimum atomic E-state index is -0.377. The van der Waals surface area contributed by atoms with Crippen molar-refractivity contribution in [3.05, 3.63) is 0 Å². The lowest BCUT2D eigenvalue weighted by Crippen LogP contribution is -2.38.